The molecule has 0 aliphatic carbocycles. The van der Waals surface area contributed by atoms with E-state index in [0.29, 0.717) is 0 Å². The number of amides is 6. The fraction of sp³-hybridized carbons (Fsp3) is 0.183. The summed E-state index contributed by atoms with van der Waals surface area (Å²) in [5.41, 5.74) is 4.64. The van der Waals surface area contributed by atoms with Gasteiger partial charge in [0.25, 0.3) is 0 Å². The van der Waals surface area contributed by atoms with Crippen molar-refractivity contribution in [1.82, 2.24) is 31.9 Å². The molecule has 0 fully saturated rings. The minimum atomic E-state index is -2.14. The van der Waals surface area contributed by atoms with Crippen LogP contribution in [0.25, 0.3) is 11.1 Å². The minimum absolute atomic E-state index is 0.00535. The van der Waals surface area contributed by atoms with Gasteiger partial charge >= 0.3 is 5.97 Å². The number of phenols is 6. The van der Waals surface area contributed by atoms with Crippen LogP contribution in [0.5, 0.6) is 69.0 Å². The van der Waals surface area contributed by atoms with Crippen molar-refractivity contribution in [2.75, 3.05) is 7.11 Å². The molecule has 7 aromatic rings. The summed E-state index contributed by atoms with van der Waals surface area (Å²) in [6.45, 7) is 1.42. The quantitative estimate of drug-likeness (QED) is 0.104. The minimum Gasteiger partial charge on any atom is -0.508 e. The van der Waals surface area contributed by atoms with Crippen molar-refractivity contribution in [3.05, 3.63) is 166 Å². The Morgan fingerprint density at radius 2 is 0.942 bits per heavy atom. The number of hydrogen-bond acceptors (Lipinski definition) is 20. The molecule has 0 radical (unpaired) electrons. The van der Waals surface area contributed by atoms with Crippen LogP contribution in [-0.2, 0) is 38.3 Å². The summed E-state index contributed by atoms with van der Waals surface area (Å²) >= 11 is 0. The summed E-state index contributed by atoms with van der Waals surface area (Å²) in [6, 6.07) is 10.1. The number of carbonyl (C=O) groups is 7. The number of ether oxygens (including phenoxy) is 4. The van der Waals surface area contributed by atoms with Crippen LogP contribution < -0.4 is 51.8 Å². The van der Waals surface area contributed by atoms with Crippen LogP contribution in [-0.4, -0.2) is 101 Å². The molecule has 9 atom stereocenters. The van der Waals surface area contributed by atoms with Gasteiger partial charge in [-0.1, -0.05) is 36.4 Å². The molecule has 0 aromatic heterocycles. The standard InChI is InChI=1S/C60H51N7O19/c1-23-37(71)16-28-18-39(23)86-40-17-26(7-14-36(40)70)44(61)54(76)66-49-51(73)24-3-9-31(10-4-24)84-41-19-29-20-42(53(41)75)85-32-11-5-25(6-12-32)52(74)50-59(81)65-48(60(82)83-2)34-21-30(68)22-38(72)43(34)33-15-27(8-13-35(33)69)45(55(77)67-50)62-57(79)47(29)63-56(78)46(28)64-58(49)80/h3-22,44-52,68-75H,61H2,1-2H3,(H,62,79)(H,63,78)(H,64,80)(H,65,81)(H,66,76)(H,67,77)/t44-,45-,46+,47-,48+,49-,50+,51-,52-/m1/s1. The monoisotopic (exact) mass is 1170 g/mol. The molecular weight excluding hydrogens is 1120 g/mol. The molecule has 6 heterocycles. The highest BCUT2D eigenvalue weighted by Gasteiger charge is 2.42. The molecule has 440 valence electrons. The summed E-state index contributed by atoms with van der Waals surface area (Å²) in [4.78, 5) is 104. The molecule has 26 heteroatoms. The Hall–Kier alpha value is -11.1. The number of esters is 1. The van der Waals surface area contributed by atoms with E-state index in [4.69, 9.17) is 24.7 Å². The Bertz CT molecular complexity index is 3990. The Morgan fingerprint density at radius 1 is 0.465 bits per heavy atom. The van der Waals surface area contributed by atoms with E-state index in [-0.39, 0.29) is 78.6 Å². The molecule has 0 saturated heterocycles. The number of hydrogen-bond donors (Lipinski definition) is 15. The molecule has 0 saturated carbocycles. The normalized spacial score (nSPS) is 22.7. The first-order chi connectivity index (χ1) is 41.0. The highest BCUT2D eigenvalue weighted by molar-refractivity contribution is 6.00. The van der Waals surface area contributed by atoms with Gasteiger partial charge in [0.15, 0.2) is 29.0 Å². The highest BCUT2D eigenvalue weighted by Crippen LogP contribution is 2.47. The Kier molecular flexibility index (Phi) is 14.7. The molecule has 16 N–H and O–H groups in total. The van der Waals surface area contributed by atoms with Gasteiger partial charge in [-0.2, -0.15) is 0 Å². The van der Waals surface area contributed by atoms with E-state index >= 15 is 14.4 Å². The van der Waals surface area contributed by atoms with Crippen molar-refractivity contribution < 1.29 is 93.4 Å². The van der Waals surface area contributed by atoms with Crippen molar-refractivity contribution in [2.24, 2.45) is 5.73 Å². The molecule has 7 aromatic carbocycles. The molecule has 86 heavy (non-hydrogen) atoms. The second kappa shape index (κ2) is 22.2. The third-order valence-electron chi connectivity index (χ3n) is 15.1. The second-order valence-electron chi connectivity index (χ2n) is 20.5. The Labute approximate surface area is 485 Å². The third kappa shape index (κ3) is 10.6. The van der Waals surface area contributed by atoms with E-state index in [9.17, 15) is 60.0 Å². The van der Waals surface area contributed by atoms with Gasteiger partial charge in [-0.15, -0.1) is 0 Å². The van der Waals surface area contributed by atoms with Crippen LogP contribution in [0.1, 0.15) is 86.9 Å². The molecule has 26 nitrogen and oxygen atoms in total. The van der Waals surface area contributed by atoms with Gasteiger partial charge in [-0.25, -0.2) is 4.79 Å². The van der Waals surface area contributed by atoms with Crippen LogP contribution in [0.2, 0.25) is 0 Å². The fourth-order valence-electron chi connectivity index (χ4n) is 10.4. The zero-order valence-corrected chi connectivity index (χ0v) is 44.9. The van der Waals surface area contributed by atoms with Gasteiger partial charge in [0, 0.05) is 28.3 Å². The number of rotatable bonds is 1. The van der Waals surface area contributed by atoms with Crippen LogP contribution in [0.3, 0.4) is 0 Å². The topological polar surface area (TPSA) is 416 Å². The number of nitrogens with two attached hydrogens (primary N) is 1. The van der Waals surface area contributed by atoms with Crippen molar-refractivity contribution in [3.63, 3.8) is 0 Å². The first-order valence-electron chi connectivity index (χ1n) is 26.2. The summed E-state index contributed by atoms with van der Waals surface area (Å²) in [6.07, 6.45) is -3.93. The van der Waals surface area contributed by atoms with Crippen molar-refractivity contribution in [2.45, 2.75) is 61.4 Å². The third-order valence-corrected chi connectivity index (χ3v) is 15.1. The van der Waals surface area contributed by atoms with Gasteiger partial charge < -0.3 is 97.4 Å². The first-order valence-corrected chi connectivity index (χ1v) is 26.2. The lowest BCUT2D eigenvalue weighted by atomic mass is 9.89. The van der Waals surface area contributed by atoms with Gasteiger partial charge in [0.1, 0.15) is 88.7 Å². The summed E-state index contributed by atoms with van der Waals surface area (Å²) in [5, 5.41) is 107. The van der Waals surface area contributed by atoms with Crippen LogP contribution in [0.15, 0.2) is 121 Å². The van der Waals surface area contributed by atoms with Crippen molar-refractivity contribution in [3.8, 4) is 80.1 Å². The van der Waals surface area contributed by atoms with Crippen molar-refractivity contribution >= 4 is 41.4 Å². The number of aliphatic hydroxyl groups excluding tert-OH is 2. The number of carbonyl (C=O) groups excluding carboxylic acids is 7. The SMILES string of the molecule is COC(=O)[C@H]1NC(=O)[C@H]2NC(=O)[C@H](NC(=O)[C@@H]3NC(=O)[C@H]4NC(=O)[C@H](NC(=O)[C@H](N)c5ccc(O)c(c5)Oc5cc4cc(O)c5C)[C@H](O)c4ccc(cc4)Oc4cc3cc(c4O)Oc3ccc(cc3)[C@H]2O)c2ccc(O)c(c2)-c2c(O)cc(O)cc21. The van der Waals surface area contributed by atoms with Crippen LogP contribution >= 0.6 is 0 Å². The van der Waals surface area contributed by atoms with E-state index in [1.54, 1.807) is 0 Å². The number of fused-ring (bicyclic) bond motifs is 14. The molecule has 0 spiro atoms. The molecule has 6 aliphatic rings. The van der Waals surface area contributed by atoms with Crippen LogP contribution in [0.4, 0.5) is 0 Å². The lowest BCUT2D eigenvalue weighted by Gasteiger charge is -2.31. The van der Waals surface area contributed by atoms with E-state index in [1.807, 2.05) is 0 Å². The zero-order chi connectivity index (χ0) is 61.2. The lowest BCUT2D eigenvalue weighted by molar-refractivity contribution is -0.146. The highest BCUT2D eigenvalue weighted by atomic mass is 16.5. The average molecular weight is 1170 g/mol. The molecule has 17 bridgehead atoms. The first kappa shape index (κ1) is 56.8. The van der Waals surface area contributed by atoms with Gasteiger partial charge in [-0.05, 0) is 119 Å². The Balaban J connectivity index is 1.14. The van der Waals surface area contributed by atoms with E-state index in [0.717, 1.165) is 55.6 Å². The number of aromatic hydroxyl groups is 6. The molecule has 13 rings (SSSR count). The Morgan fingerprint density at radius 3 is 1.53 bits per heavy atom. The van der Waals surface area contributed by atoms with E-state index in [1.165, 1.54) is 79.7 Å². The number of aliphatic hydroxyl groups is 2. The predicted molar refractivity (Wildman–Crippen MR) is 295 cm³/mol. The predicted octanol–water partition coefficient (Wildman–Crippen LogP) is 3.57. The molecule has 6 amide bonds. The number of nitrogens with one attached hydrogen (secondary N) is 6. The average Bonchev–Trinajstić information content (AvgIpc) is 2.08. The lowest BCUT2D eigenvalue weighted by Crippen LogP contribution is -2.55. The fourth-order valence-corrected chi connectivity index (χ4v) is 10.4. The van der Waals surface area contributed by atoms with Gasteiger partial charge in [-0.3, -0.25) is 28.8 Å². The largest absolute Gasteiger partial charge is 0.508 e. The van der Waals surface area contributed by atoms with Gasteiger partial charge in [0.05, 0.1) is 7.11 Å². The summed E-state index contributed by atoms with van der Waals surface area (Å²) < 4.78 is 23.5. The maximum Gasteiger partial charge on any atom is 0.333 e. The summed E-state index contributed by atoms with van der Waals surface area (Å²) in [7, 11) is 0.974. The maximum absolute atomic E-state index is 15.7. The number of methoxy groups -OCH3 is 1. The maximum atomic E-state index is 15.7. The van der Waals surface area contributed by atoms with E-state index in [2.05, 4.69) is 31.9 Å². The van der Waals surface area contributed by atoms with Crippen molar-refractivity contribution in [1.29, 1.82) is 0 Å². The summed E-state index contributed by atoms with van der Waals surface area (Å²) in [5.74, 6) is -13.7. The van der Waals surface area contributed by atoms with E-state index < -0.39 is 142 Å². The second-order valence-corrected chi connectivity index (χ2v) is 20.5. The molecule has 6 aliphatic heterocycles. The van der Waals surface area contributed by atoms with Gasteiger partial charge in [0.2, 0.25) is 41.2 Å². The number of phenolic OH excluding ortho intramolecular Hbond substituents is 6. The molecule has 0 unspecified atom stereocenters. The molecular formula is C60H51N7O19. The zero-order valence-electron chi connectivity index (χ0n) is 44.9. The smallest absolute Gasteiger partial charge is 0.333 e. The van der Waals surface area contributed by atoms with Crippen LogP contribution in [0, 0.1) is 6.92 Å². The number of benzene rings is 7.